The van der Waals surface area contributed by atoms with Gasteiger partial charge in [-0.15, -0.1) is 0 Å². The first-order valence-electron chi connectivity index (χ1n) is 6.75. The summed E-state index contributed by atoms with van der Waals surface area (Å²) in [5, 5.41) is 0. The van der Waals surface area contributed by atoms with Gasteiger partial charge in [0.2, 0.25) is 0 Å². The van der Waals surface area contributed by atoms with E-state index < -0.39 is 11.7 Å². The van der Waals surface area contributed by atoms with Crippen LogP contribution in [0.15, 0.2) is 45.7 Å². The number of alkyl halides is 3. The van der Waals surface area contributed by atoms with E-state index in [1.807, 2.05) is 0 Å². The van der Waals surface area contributed by atoms with Crippen LogP contribution in [0.2, 0.25) is 0 Å². The summed E-state index contributed by atoms with van der Waals surface area (Å²) < 4.78 is 45.2. The molecule has 1 amide bonds. The molecule has 124 valence electrons. The number of benzene rings is 1. The van der Waals surface area contributed by atoms with Crippen LogP contribution in [-0.2, 0) is 11.0 Å². The Kier molecular flexibility index (Phi) is 4.27. The highest BCUT2D eigenvalue weighted by molar-refractivity contribution is 8.26. The SMILES string of the molecule is CN1C(=O)/C(=C/c2ccc(-c3ccccc3C(F)(F)F)o2)SC1=S. The standard InChI is InChI=1S/C16H10F3NO2S2/c1-20-14(21)13(24-15(20)23)8-9-6-7-12(22-9)10-4-2-3-5-11(10)16(17,18)19/h2-8H,1H3/b13-8-. The second-order valence-corrected chi connectivity index (χ2v) is 6.66. The molecule has 0 radical (unpaired) electrons. The second-order valence-electron chi connectivity index (χ2n) is 4.99. The Bertz CT molecular complexity index is 855. The number of hydrogen-bond acceptors (Lipinski definition) is 4. The molecule has 0 atom stereocenters. The maximum atomic E-state index is 13.1. The van der Waals surface area contributed by atoms with Crippen molar-refractivity contribution in [1.29, 1.82) is 0 Å². The zero-order valence-corrected chi connectivity index (χ0v) is 13.9. The van der Waals surface area contributed by atoms with Gasteiger partial charge < -0.3 is 4.42 Å². The Morgan fingerprint density at radius 3 is 2.54 bits per heavy atom. The molecule has 8 heteroatoms. The van der Waals surface area contributed by atoms with Gasteiger partial charge in [-0.05, 0) is 18.2 Å². The summed E-state index contributed by atoms with van der Waals surface area (Å²) in [7, 11) is 1.56. The number of likely N-dealkylation sites (N-methyl/N-ethyl adjacent to an activating group) is 1. The van der Waals surface area contributed by atoms with Gasteiger partial charge in [0, 0.05) is 18.7 Å². The third-order valence-corrected chi connectivity index (χ3v) is 4.87. The van der Waals surface area contributed by atoms with Crippen LogP contribution in [0.3, 0.4) is 0 Å². The Morgan fingerprint density at radius 2 is 1.92 bits per heavy atom. The lowest BCUT2D eigenvalue weighted by atomic mass is 10.1. The predicted molar refractivity (Wildman–Crippen MR) is 90.1 cm³/mol. The first-order valence-corrected chi connectivity index (χ1v) is 7.98. The summed E-state index contributed by atoms with van der Waals surface area (Å²) in [6, 6.07) is 8.14. The minimum Gasteiger partial charge on any atom is -0.457 e. The molecule has 3 rings (SSSR count). The predicted octanol–water partition coefficient (Wildman–Crippen LogP) is 4.80. The molecule has 1 aromatic heterocycles. The molecule has 1 fully saturated rings. The molecule has 2 aromatic rings. The number of hydrogen-bond donors (Lipinski definition) is 0. The van der Waals surface area contributed by atoms with Crippen molar-refractivity contribution in [2.24, 2.45) is 0 Å². The zero-order chi connectivity index (χ0) is 17.5. The van der Waals surface area contributed by atoms with Gasteiger partial charge in [-0.25, -0.2) is 0 Å². The molecular weight excluding hydrogens is 359 g/mol. The summed E-state index contributed by atoms with van der Waals surface area (Å²) in [5.41, 5.74) is -0.821. The summed E-state index contributed by atoms with van der Waals surface area (Å²) in [6.45, 7) is 0. The highest BCUT2D eigenvalue weighted by Crippen LogP contribution is 2.38. The van der Waals surface area contributed by atoms with Crippen LogP contribution in [0.5, 0.6) is 0 Å². The maximum absolute atomic E-state index is 13.1. The molecule has 3 nitrogen and oxygen atoms in total. The molecule has 1 saturated heterocycles. The van der Waals surface area contributed by atoms with E-state index >= 15 is 0 Å². The van der Waals surface area contributed by atoms with Crippen molar-refractivity contribution in [2.75, 3.05) is 7.05 Å². The van der Waals surface area contributed by atoms with Crippen LogP contribution >= 0.6 is 24.0 Å². The van der Waals surface area contributed by atoms with E-state index in [0.717, 1.165) is 17.8 Å². The Labute approximate surface area is 145 Å². The fraction of sp³-hybridized carbons (Fsp3) is 0.125. The van der Waals surface area contributed by atoms with Crippen molar-refractivity contribution in [3.63, 3.8) is 0 Å². The molecule has 1 aliphatic heterocycles. The van der Waals surface area contributed by atoms with Crippen molar-refractivity contribution >= 4 is 40.3 Å². The van der Waals surface area contributed by atoms with Gasteiger partial charge in [0.15, 0.2) is 0 Å². The second kappa shape index (κ2) is 6.10. The highest BCUT2D eigenvalue weighted by atomic mass is 32.2. The highest BCUT2D eigenvalue weighted by Gasteiger charge is 2.34. The van der Waals surface area contributed by atoms with Crippen LogP contribution in [0.1, 0.15) is 11.3 Å². The van der Waals surface area contributed by atoms with E-state index in [1.54, 1.807) is 7.05 Å². The monoisotopic (exact) mass is 369 g/mol. The average molecular weight is 369 g/mol. The Hall–Kier alpha value is -2.06. The zero-order valence-electron chi connectivity index (χ0n) is 12.3. The van der Waals surface area contributed by atoms with Crippen molar-refractivity contribution in [3.8, 4) is 11.3 Å². The smallest absolute Gasteiger partial charge is 0.417 e. The number of nitrogens with zero attached hydrogens (tertiary/aromatic N) is 1. The first kappa shape index (κ1) is 16.8. The molecule has 0 bridgehead atoms. The van der Waals surface area contributed by atoms with E-state index in [9.17, 15) is 18.0 Å². The fourth-order valence-corrected chi connectivity index (χ4v) is 3.35. The third kappa shape index (κ3) is 3.11. The van der Waals surface area contributed by atoms with Gasteiger partial charge in [-0.2, -0.15) is 13.2 Å². The average Bonchev–Trinajstić information content (AvgIpc) is 3.08. The van der Waals surface area contributed by atoms with Gasteiger partial charge >= 0.3 is 6.18 Å². The molecular formula is C16H10F3NO2S2. The van der Waals surface area contributed by atoms with Crippen LogP contribution < -0.4 is 0 Å². The number of rotatable bonds is 2. The molecule has 0 spiro atoms. The van der Waals surface area contributed by atoms with Gasteiger partial charge in [0.05, 0.1) is 10.5 Å². The number of furan rings is 1. The number of amides is 1. The van der Waals surface area contributed by atoms with Crippen LogP contribution in [-0.4, -0.2) is 22.2 Å². The molecule has 0 saturated carbocycles. The van der Waals surface area contributed by atoms with Crippen molar-refractivity contribution in [1.82, 2.24) is 4.90 Å². The summed E-state index contributed by atoms with van der Waals surface area (Å²) >= 11 is 6.14. The van der Waals surface area contributed by atoms with E-state index in [4.69, 9.17) is 16.6 Å². The van der Waals surface area contributed by atoms with Crippen molar-refractivity contribution < 1.29 is 22.4 Å². The topological polar surface area (TPSA) is 33.5 Å². The van der Waals surface area contributed by atoms with E-state index in [0.29, 0.717) is 9.23 Å². The molecule has 1 aliphatic rings. The lowest BCUT2D eigenvalue weighted by molar-refractivity contribution is -0.137. The lowest BCUT2D eigenvalue weighted by Gasteiger charge is -2.10. The number of thiocarbonyl (C=S) groups is 1. The van der Waals surface area contributed by atoms with Crippen LogP contribution in [0, 0.1) is 0 Å². The van der Waals surface area contributed by atoms with E-state index in [2.05, 4.69) is 0 Å². The van der Waals surface area contributed by atoms with Gasteiger partial charge in [-0.1, -0.05) is 42.2 Å². The summed E-state index contributed by atoms with van der Waals surface area (Å²) in [6.07, 6.45) is -3.00. The lowest BCUT2D eigenvalue weighted by Crippen LogP contribution is -2.22. The summed E-state index contributed by atoms with van der Waals surface area (Å²) in [5.74, 6) is 0.107. The minimum atomic E-state index is -4.48. The molecule has 24 heavy (non-hydrogen) atoms. The van der Waals surface area contributed by atoms with Gasteiger partial charge in [-0.3, -0.25) is 9.69 Å². The van der Waals surface area contributed by atoms with Crippen LogP contribution in [0.4, 0.5) is 13.2 Å². The number of carbonyl (C=O) groups excluding carboxylic acids is 1. The van der Waals surface area contributed by atoms with Crippen molar-refractivity contribution in [3.05, 3.63) is 52.6 Å². The Morgan fingerprint density at radius 1 is 1.21 bits per heavy atom. The molecule has 0 unspecified atom stereocenters. The van der Waals surface area contributed by atoms with Gasteiger partial charge in [0.1, 0.15) is 15.8 Å². The van der Waals surface area contributed by atoms with E-state index in [-0.39, 0.29) is 23.0 Å². The Balaban J connectivity index is 1.96. The molecule has 0 aliphatic carbocycles. The largest absolute Gasteiger partial charge is 0.457 e. The van der Waals surface area contributed by atoms with Crippen LogP contribution in [0.25, 0.3) is 17.4 Å². The third-order valence-electron chi connectivity index (χ3n) is 3.38. The number of carbonyl (C=O) groups is 1. The van der Waals surface area contributed by atoms with Gasteiger partial charge in [0.25, 0.3) is 5.91 Å². The number of thioether (sulfide) groups is 1. The number of halogens is 3. The maximum Gasteiger partial charge on any atom is 0.417 e. The quantitative estimate of drug-likeness (QED) is 0.563. The fourth-order valence-electron chi connectivity index (χ4n) is 2.20. The van der Waals surface area contributed by atoms with Crippen molar-refractivity contribution in [2.45, 2.75) is 6.18 Å². The van der Waals surface area contributed by atoms with E-state index in [1.165, 1.54) is 41.3 Å². The molecule has 0 N–H and O–H groups in total. The minimum absolute atomic E-state index is 0.0484. The first-order chi connectivity index (χ1) is 11.3. The molecule has 1 aromatic carbocycles. The normalized spacial score (nSPS) is 17.2. The molecule has 2 heterocycles. The summed E-state index contributed by atoms with van der Waals surface area (Å²) in [4.78, 5) is 13.6.